The van der Waals surface area contributed by atoms with Gasteiger partial charge in [-0.15, -0.1) is 0 Å². The molecule has 0 aliphatic carbocycles. The van der Waals surface area contributed by atoms with Crippen LogP contribution in [-0.4, -0.2) is 38.6 Å². The Hall–Kier alpha value is -0.960. The molecule has 0 aromatic carbocycles. The molecule has 18 heavy (non-hydrogen) atoms. The Morgan fingerprint density at radius 3 is 2.89 bits per heavy atom. The fraction of sp³-hybridized carbons (Fsp3) is 0.600. The molecular formula is C10H14BrN3O4. The lowest BCUT2D eigenvalue weighted by Crippen LogP contribution is -2.31. The van der Waals surface area contributed by atoms with Gasteiger partial charge in [0.15, 0.2) is 0 Å². The Labute approximate surface area is 111 Å². The molecule has 4 N–H and O–H groups in total. The zero-order valence-electron chi connectivity index (χ0n) is 9.65. The van der Waals surface area contributed by atoms with E-state index in [-0.39, 0.29) is 18.3 Å². The van der Waals surface area contributed by atoms with E-state index in [1.807, 2.05) is 0 Å². The number of anilines is 1. The van der Waals surface area contributed by atoms with Crippen molar-refractivity contribution in [1.29, 1.82) is 0 Å². The number of hydrogen-bond donors (Lipinski definition) is 3. The lowest BCUT2D eigenvalue weighted by molar-refractivity contribution is -0.0477. The number of rotatable bonds is 2. The van der Waals surface area contributed by atoms with E-state index in [4.69, 9.17) is 15.6 Å². The molecule has 0 radical (unpaired) electrons. The lowest BCUT2D eigenvalue weighted by Gasteiger charge is -2.18. The van der Waals surface area contributed by atoms with Crippen molar-refractivity contribution < 1.29 is 14.9 Å². The van der Waals surface area contributed by atoms with E-state index in [0.29, 0.717) is 4.47 Å². The van der Waals surface area contributed by atoms with Crippen LogP contribution in [0.5, 0.6) is 0 Å². The monoisotopic (exact) mass is 319 g/mol. The van der Waals surface area contributed by atoms with Crippen molar-refractivity contribution in [1.82, 2.24) is 9.55 Å². The fourth-order valence-corrected chi connectivity index (χ4v) is 2.31. The Morgan fingerprint density at radius 2 is 2.33 bits per heavy atom. The maximum absolute atomic E-state index is 11.8. The topological polar surface area (TPSA) is 111 Å². The van der Waals surface area contributed by atoms with Gasteiger partial charge in [0.1, 0.15) is 18.1 Å². The second kappa shape index (κ2) is 4.96. The highest BCUT2D eigenvalue weighted by atomic mass is 79.9. The average Bonchev–Trinajstić information content (AvgIpc) is 2.61. The number of aliphatic hydroxyl groups is 2. The van der Waals surface area contributed by atoms with Gasteiger partial charge in [0, 0.05) is 12.1 Å². The number of aromatic nitrogens is 2. The molecule has 1 saturated heterocycles. The van der Waals surface area contributed by atoms with Crippen LogP contribution in [0, 0.1) is 5.92 Å². The average molecular weight is 320 g/mol. The first-order valence-electron chi connectivity index (χ1n) is 5.44. The molecule has 0 saturated carbocycles. The number of nitrogen functional groups attached to an aromatic ring is 1. The molecule has 1 aliphatic heterocycles. The van der Waals surface area contributed by atoms with Crippen molar-refractivity contribution >= 4 is 21.7 Å². The molecule has 1 fully saturated rings. The van der Waals surface area contributed by atoms with Gasteiger partial charge in [-0.1, -0.05) is 6.92 Å². The van der Waals surface area contributed by atoms with Crippen molar-refractivity contribution in [2.24, 2.45) is 5.92 Å². The van der Waals surface area contributed by atoms with Crippen LogP contribution in [0.2, 0.25) is 0 Å². The maximum atomic E-state index is 11.8. The van der Waals surface area contributed by atoms with E-state index in [9.17, 15) is 9.90 Å². The van der Waals surface area contributed by atoms with Crippen LogP contribution in [0.4, 0.5) is 5.82 Å². The summed E-state index contributed by atoms with van der Waals surface area (Å²) in [6, 6.07) is 0. The van der Waals surface area contributed by atoms with Crippen LogP contribution in [0.15, 0.2) is 15.5 Å². The number of halogens is 1. The van der Waals surface area contributed by atoms with E-state index < -0.39 is 24.1 Å². The van der Waals surface area contributed by atoms with Gasteiger partial charge >= 0.3 is 5.69 Å². The third-order valence-corrected chi connectivity index (χ3v) is 3.68. The number of nitrogens with two attached hydrogens (primary N) is 1. The normalized spacial score (nSPS) is 31.8. The Balaban J connectivity index is 2.39. The predicted octanol–water partition coefficient (Wildman–Crippen LogP) is -0.525. The van der Waals surface area contributed by atoms with Crippen LogP contribution in [0.1, 0.15) is 13.2 Å². The number of nitrogens with zero attached hydrogens (tertiary/aromatic N) is 2. The van der Waals surface area contributed by atoms with E-state index in [0.717, 1.165) is 0 Å². The summed E-state index contributed by atoms with van der Waals surface area (Å²) in [5, 5.41) is 18.9. The summed E-state index contributed by atoms with van der Waals surface area (Å²) in [5.41, 5.74) is 4.95. The van der Waals surface area contributed by atoms with Gasteiger partial charge in [-0.25, -0.2) is 4.79 Å². The molecule has 0 amide bonds. The van der Waals surface area contributed by atoms with Gasteiger partial charge in [0.25, 0.3) is 0 Å². The third-order valence-electron chi connectivity index (χ3n) is 3.07. The van der Waals surface area contributed by atoms with E-state index in [1.54, 1.807) is 6.92 Å². The van der Waals surface area contributed by atoms with Crippen molar-refractivity contribution in [3.63, 3.8) is 0 Å². The van der Waals surface area contributed by atoms with Crippen LogP contribution < -0.4 is 11.4 Å². The maximum Gasteiger partial charge on any atom is 0.351 e. The van der Waals surface area contributed by atoms with E-state index in [1.165, 1.54) is 10.8 Å². The first-order chi connectivity index (χ1) is 8.45. The summed E-state index contributed by atoms with van der Waals surface area (Å²) in [7, 11) is 0. The highest BCUT2D eigenvalue weighted by Crippen LogP contribution is 2.33. The van der Waals surface area contributed by atoms with Gasteiger partial charge in [-0.05, 0) is 15.9 Å². The molecule has 1 aromatic heterocycles. The van der Waals surface area contributed by atoms with Gasteiger partial charge in [-0.3, -0.25) is 4.57 Å². The zero-order valence-corrected chi connectivity index (χ0v) is 11.2. The second-order valence-electron chi connectivity index (χ2n) is 4.26. The minimum absolute atomic E-state index is 0.0983. The first-order valence-corrected chi connectivity index (χ1v) is 6.23. The summed E-state index contributed by atoms with van der Waals surface area (Å²) in [6.45, 7) is 1.43. The van der Waals surface area contributed by atoms with Gasteiger partial charge in [0.2, 0.25) is 0 Å². The second-order valence-corrected chi connectivity index (χ2v) is 5.12. The molecule has 0 unspecified atom stereocenters. The molecule has 2 rings (SSSR count). The molecule has 8 heteroatoms. The van der Waals surface area contributed by atoms with Gasteiger partial charge < -0.3 is 20.7 Å². The predicted molar refractivity (Wildman–Crippen MR) is 66.8 cm³/mol. The number of ether oxygens (including phenoxy) is 1. The highest BCUT2D eigenvalue weighted by Gasteiger charge is 2.42. The molecule has 1 aliphatic rings. The Bertz CT molecular complexity index is 506. The highest BCUT2D eigenvalue weighted by molar-refractivity contribution is 9.10. The molecule has 0 spiro atoms. The molecule has 7 nitrogen and oxygen atoms in total. The first kappa shape index (κ1) is 13.5. The molecule has 0 bridgehead atoms. The van der Waals surface area contributed by atoms with Crippen molar-refractivity contribution in [2.75, 3.05) is 12.3 Å². The fourth-order valence-electron chi connectivity index (χ4n) is 2.00. The molecular weight excluding hydrogens is 306 g/mol. The SMILES string of the molecule is C[C@H]1[C@H](O)[C@@H](CO)O[C@H]1n1cc(Br)c(N)nc1=O. The summed E-state index contributed by atoms with van der Waals surface area (Å²) in [4.78, 5) is 15.4. The minimum Gasteiger partial charge on any atom is -0.394 e. The summed E-state index contributed by atoms with van der Waals surface area (Å²) < 4.78 is 7.18. The Morgan fingerprint density at radius 1 is 1.67 bits per heavy atom. The summed E-state index contributed by atoms with van der Waals surface area (Å²) in [6.07, 6.45) is -0.733. The molecule has 2 heterocycles. The van der Waals surface area contributed by atoms with Gasteiger partial charge in [0.05, 0.1) is 17.2 Å². The van der Waals surface area contributed by atoms with Crippen molar-refractivity contribution in [3.8, 4) is 0 Å². The molecule has 1 aromatic rings. The van der Waals surface area contributed by atoms with Crippen LogP contribution >= 0.6 is 15.9 Å². The largest absolute Gasteiger partial charge is 0.394 e. The quantitative estimate of drug-likeness (QED) is 0.676. The lowest BCUT2D eigenvalue weighted by atomic mass is 10.0. The minimum atomic E-state index is -0.830. The number of hydrogen-bond acceptors (Lipinski definition) is 6. The van der Waals surface area contributed by atoms with Crippen LogP contribution in [0.25, 0.3) is 0 Å². The van der Waals surface area contributed by atoms with E-state index >= 15 is 0 Å². The standard InChI is InChI=1S/C10H14BrN3O4/c1-4-7(16)6(3-15)18-9(4)14-2-5(11)8(12)13-10(14)17/h2,4,6-7,9,15-16H,3H2,1H3,(H2,12,13,17)/t4-,6+,7-,9+/m0/s1. The summed E-state index contributed by atoms with van der Waals surface area (Å²) in [5.74, 6) is -0.238. The van der Waals surface area contributed by atoms with Crippen LogP contribution in [-0.2, 0) is 4.74 Å². The van der Waals surface area contributed by atoms with Crippen LogP contribution in [0.3, 0.4) is 0 Å². The molecule has 4 atom stereocenters. The van der Waals surface area contributed by atoms with E-state index in [2.05, 4.69) is 20.9 Å². The summed E-state index contributed by atoms with van der Waals surface area (Å²) >= 11 is 3.18. The smallest absolute Gasteiger partial charge is 0.351 e. The third kappa shape index (κ3) is 2.16. The molecule has 100 valence electrons. The van der Waals surface area contributed by atoms with Crippen molar-refractivity contribution in [2.45, 2.75) is 25.4 Å². The zero-order chi connectivity index (χ0) is 13.4. The van der Waals surface area contributed by atoms with Gasteiger partial charge in [-0.2, -0.15) is 4.98 Å². The van der Waals surface area contributed by atoms with Crippen molar-refractivity contribution in [3.05, 3.63) is 21.2 Å². The number of aliphatic hydroxyl groups excluding tert-OH is 2. The Kier molecular flexibility index (Phi) is 3.71.